The molecule has 0 aromatic carbocycles. The molecule has 0 aromatic rings. The summed E-state index contributed by atoms with van der Waals surface area (Å²) in [6, 6.07) is 0. The van der Waals surface area contributed by atoms with Gasteiger partial charge in [0.1, 0.15) is 0 Å². The van der Waals surface area contributed by atoms with Crippen molar-refractivity contribution in [2.75, 3.05) is 0 Å². The topological polar surface area (TPSA) is 86.3 Å². The molecule has 0 aliphatic carbocycles. The summed E-state index contributed by atoms with van der Waals surface area (Å²) in [6.45, 7) is 21.3. The number of carbonyl (C=O) groups is 1. The van der Waals surface area contributed by atoms with Crippen molar-refractivity contribution in [3.8, 4) is 0 Å². The van der Waals surface area contributed by atoms with Crippen LogP contribution in [0.5, 0.6) is 0 Å². The Morgan fingerprint density at radius 1 is 0.846 bits per heavy atom. The van der Waals surface area contributed by atoms with E-state index in [1.54, 1.807) is 0 Å². The van der Waals surface area contributed by atoms with E-state index < -0.39 is 23.0 Å². The molecular weight excluding hydrogens is 338 g/mol. The zero-order chi connectivity index (χ0) is 21.0. The first-order valence-electron chi connectivity index (χ1n) is 8.99. The fourth-order valence-corrected chi connectivity index (χ4v) is 2.95. The maximum atomic E-state index is 9.00. The highest BCUT2D eigenvalue weighted by Crippen LogP contribution is 2.41. The number of aliphatic carboxylic acids is 1. The summed E-state index contributed by atoms with van der Waals surface area (Å²) in [5.41, 5.74) is -1.16. The average molecular weight is 378 g/mol. The summed E-state index contributed by atoms with van der Waals surface area (Å²) in [4.78, 5) is 31.8. The highest BCUT2D eigenvalue weighted by molar-refractivity contribution is 5.62. The van der Waals surface area contributed by atoms with Gasteiger partial charge in [-0.3, -0.25) is 4.79 Å². The van der Waals surface area contributed by atoms with Crippen molar-refractivity contribution in [3.05, 3.63) is 0 Å². The van der Waals surface area contributed by atoms with E-state index in [0.717, 1.165) is 6.92 Å². The van der Waals surface area contributed by atoms with E-state index >= 15 is 0 Å². The Morgan fingerprint density at radius 3 is 1.35 bits per heavy atom. The minimum absolute atomic E-state index is 0.162. The summed E-state index contributed by atoms with van der Waals surface area (Å²) >= 11 is 0. The standard InChI is InChI=1S/C17H35NO4.C2H4O2/c1-13(2,3)19-21-17(22-20-14(4,5)6)11-15(7,8)18-16(9,10)12-17;1-2(3)4/h18H,11-12H2,1-10H3;1H3,(H,3,4). The van der Waals surface area contributed by atoms with E-state index in [1.165, 1.54) is 0 Å². The molecule has 0 saturated carbocycles. The molecular formula is C19H39NO6. The van der Waals surface area contributed by atoms with Crippen LogP contribution in [0.3, 0.4) is 0 Å². The van der Waals surface area contributed by atoms with Gasteiger partial charge in [0, 0.05) is 30.8 Å². The molecule has 0 atom stereocenters. The molecule has 0 spiro atoms. The number of carboxylic acid groups (broad SMARTS) is 1. The molecule has 2 N–H and O–H groups in total. The lowest BCUT2D eigenvalue weighted by Crippen LogP contribution is -2.65. The Morgan fingerprint density at radius 2 is 1.12 bits per heavy atom. The van der Waals surface area contributed by atoms with Crippen molar-refractivity contribution in [2.45, 2.75) is 117 Å². The van der Waals surface area contributed by atoms with Crippen LogP contribution in [0.25, 0.3) is 0 Å². The van der Waals surface area contributed by atoms with Crippen LogP contribution in [0.4, 0.5) is 0 Å². The van der Waals surface area contributed by atoms with Gasteiger partial charge in [-0.1, -0.05) is 0 Å². The molecule has 0 bridgehead atoms. The highest BCUT2D eigenvalue weighted by atomic mass is 17.3. The largest absolute Gasteiger partial charge is 0.481 e. The van der Waals surface area contributed by atoms with Crippen molar-refractivity contribution in [2.24, 2.45) is 0 Å². The average Bonchev–Trinajstić information content (AvgIpc) is 2.28. The molecule has 1 rings (SSSR count). The van der Waals surface area contributed by atoms with Gasteiger partial charge in [0.15, 0.2) is 0 Å². The summed E-state index contributed by atoms with van der Waals surface area (Å²) in [7, 11) is 0. The van der Waals surface area contributed by atoms with E-state index in [9.17, 15) is 0 Å². The van der Waals surface area contributed by atoms with E-state index in [4.69, 9.17) is 29.5 Å². The molecule has 7 heteroatoms. The first kappa shape index (κ1) is 25.3. The Labute approximate surface area is 158 Å². The maximum absolute atomic E-state index is 9.00. The number of piperidine rings is 1. The summed E-state index contributed by atoms with van der Waals surface area (Å²) in [6.07, 6.45) is 1.24. The van der Waals surface area contributed by atoms with Gasteiger partial charge in [-0.2, -0.15) is 9.78 Å². The third-order valence-electron chi connectivity index (χ3n) is 2.99. The lowest BCUT2D eigenvalue weighted by molar-refractivity contribution is -0.550. The second-order valence-corrected chi connectivity index (χ2v) is 10.2. The fraction of sp³-hybridized carbons (Fsp3) is 0.947. The summed E-state index contributed by atoms with van der Waals surface area (Å²) < 4.78 is 0. The second-order valence-electron chi connectivity index (χ2n) is 10.2. The number of carboxylic acids is 1. The van der Waals surface area contributed by atoms with Crippen molar-refractivity contribution in [3.63, 3.8) is 0 Å². The molecule has 1 fully saturated rings. The molecule has 1 aliphatic heterocycles. The Balaban J connectivity index is 0.00000141. The lowest BCUT2D eigenvalue weighted by Gasteiger charge is -2.51. The molecule has 1 heterocycles. The number of rotatable bonds is 4. The van der Waals surface area contributed by atoms with Gasteiger partial charge in [0.25, 0.3) is 5.97 Å². The minimum atomic E-state index is -0.946. The van der Waals surface area contributed by atoms with Gasteiger partial charge < -0.3 is 10.4 Å². The zero-order valence-electron chi connectivity index (χ0n) is 18.4. The predicted molar refractivity (Wildman–Crippen MR) is 100 cm³/mol. The molecule has 0 aromatic heterocycles. The number of nitrogens with one attached hydrogen (secondary N) is 1. The predicted octanol–water partition coefficient (Wildman–Crippen LogP) is 4.21. The van der Waals surface area contributed by atoms with Gasteiger partial charge in [-0.15, -0.1) is 0 Å². The molecule has 26 heavy (non-hydrogen) atoms. The lowest BCUT2D eigenvalue weighted by atomic mass is 9.79. The first-order chi connectivity index (χ1) is 11.3. The monoisotopic (exact) mass is 377 g/mol. The van der Waals surface area contributed by atoms with Crippen LogP contribution in [0.2, 0.25) is 0 Å². The summed E-state index contributed by atoms with van der Waals surface area (Å²) in [5, 5.41) is 11.0. The van der Waals surface area contributed by atoms with Gasteiger partial charge in [-0.25, -0.2) is 9.78 Å². The molecule has 0 unspecified atom stereocenters. The Bertz CT molecular complexity index is 420. The fourth-order valence-electron chi connectivity index (χ4n) is 2.95. The highest BCUT2D eigenvalue weighted by Gasteiger charge is 2.52. The number of hydrogen-bond donors (Lipinski definition) is 2. The third kappa shape index (κ3) is 11.8. The van der Waals surface area contributed by atoms with Crippen LogP contribution in [-0.2, 0) is 24.3 Å². The van der Waals surface area contributed by atoms with Crippen LogP contribution < -0.4 is 5.32 Å². The van der Waals surface area contributed by atoms with Crippen molar-refractivity contribution >= 4 is 5.97 Å². The zero-order valence-corrected chi connectivity index (χ0v) is 18.4. The molecule has 1 aliphatic rings. The molecule has 0 radical (unpaired) electrons. The van der Waals surface area contributed by atoms with Crippen molar-refractivity contribution < 1.29 is 29.5 Å². The summed E-state index contributed by atoms with van der Waals surface area (Å²) in [5.74, 6) is -1.78. The Kier molecular flexibility index (Phi) is 8.28. The normalized spacial score (nSPS) is 21.5. The molecule has 1 saturated heterocycles. The van der Waals surface area contributed by atoms with E-state index in [-0.39, 0.29) is 11.1 Å². The van der Waals surface area contributed by atoms with Gasteiger partial charge >= 0.3 is 0 Å². The van der Waals surface area contributed by atoms with E-state index in [2.05, 4.69) is 33.0 Å². The van der Waals surface area contributed by atoms with Crippen LogP contribution in [0, 0.1) is 0 Å². The van der Waals surface area contributed by atoms with Crippen LogP contribution in [0.15, 0.2) is 0 Å². The first-order valence-corrected chi connectivity index (χ1v) is 8.99. The van der Waals surface area contributed by atoms with Gasteiger partial charge in [0.05, 0.1) is 11.2 Å². The molecule has 7 nitrogen and oxygen atoms in total. The SMILES string of the molecule is CC(=O)O.CC1(C)CC(OOC(C)(C)C)(OOC(C)(C)C)CC(C)(C)N1. The van der Waals surface area contributed by atoms with Gasteiger partial charge in [0.2, 0.25) is 5.79 Å². The van der Waals surface area contributed by atoms with E-state index in [1.807, 2.05) is 41.5 Å². The van der Waals surface area contributed by atoms with Crippen molar-refractivity contribution in [1.29, 1.82) is 0 Å². The maximum Gasteiger partial charge on any atom is 0.300 e. The van der Waals surface area contributed by atoms with Crippen LogP contribution in [-0.4, -0.2) is 39.1 Å². The van der Waals surface area contributed by atoms with Crippen LogP contribution in [0.1, 0.15) is 89.0 Å². The van der Waals surface area contributed by atoms with Crippen LogP contribution >= 0.6 is 0 Å². The minimum Gasteiger partial charge on any atom is -0.481 e. The second kappa shape index (κ2) is 8.52. The quantitative estimate of drug-likeness (QED) is 0.431. The van der Waals surface area contributed by atoms with Crippen molar-refractivity contribution in [1.82, 2.24) is 5.32 Å². The Hall–Kier alpha value is -0.730. The molecule has 0 amide bonds. The third-order valence-corrected chi connectivity index (χ3v) is 2.99. The van der Waals surface area contributed by atoms with E-state index in [0.29, 0.717) is 12.8 Å². The molecule has 156 valence electrons. The van der Waals surface area contributed by atoms with Gasteiger partial charge in [-0.05, 0) is 69.2 Å². The number of hydrogen-bond acceptors (Lipinski definition) is 6. The smallest absolute Gasteiger partial charge is 0.300 e.